The molecule has 0 bridgehead atoms. The van der Waals surface area contributed by atoms with Gasteiger partial charge in [-0.2, -0.15) is 0 Å². The van der Waals surface area contributed by atoms with Crippen LogP contribution in [0.2, 0.25) is 0 Å². The van der Waals surface area contributed by atoms with E-state index in [1.54, 1.807) is 0 Å². The van der Waals surface area contributed by atoms with E-state index in [1.165, 1.54) is 12.1 Å². The van der Waals surface area contributed by atoms with Gasteiger partial charge >= 0.3 is 0 Å². The summed E-state index contributed by atoms with van der Waals surface area (Å²) in [6.07, 6.45) is 4.20. The van der Waals surface area contributed by atoms with E-state index in [0.717, 1.165) is 31.7 Å². The number of nitrogens with zero attached hydrogens (tertiary/aromatic N) is 3. The van der Waals surface area contributed by atoms with E-state index >= 15 is 0 Å². The number of amides is 1. The molecular weight excluding hydrogens is 301 g/mol. The number of hydrogen-bond donors (Lipinski definition) is 0. The lowest BCUT2D eigenvalue weighted by molar-refractivity contribution is -0.384. The molecule has 1 aromatic rings. The van der Waals surface area contributed by atoms with E-state index in [9.17, 15) is 19.3 Å². The summed E-state index contributed by atoms with van der Waals surface area (Å²) >= 11 is 0. The minimum atomic E-state index is -0.615. The molecule has 0 radical (unpaired) electrons. The van der Waals surface area contributed by atoms with Crippen LogP contribution in [0.3, 0.4) is 0 Å². The number of nitro benzene ring substituents is 1. The number of piperazine rings is 1. The first-order valence-electron chi connectivity index (χ1n) is 8.04. The van der Waals surface area contributed by atoms with Crippen LogP contribution in [0.5, 0.6) is 0 Å². The summed E-state index contributed by atoms with van der Waals surface area (Å²) in [5.74, 6) is -0.243. The maximum Gasteiger partial charge on any atom is 0.295 e. The number of benzene rings is 1. The standard InChI is InChI=1S/C16H20FN3O3/c17-13-5-6-14(15(11-13)20(22)23)18-7-9-19(10-8-18)16(21)12-3-1-2-4-12/h5-6,11-12H,1-4,7-10H2. The van der Waals surface area contributed by atoms with Crippen molar-refractivity contribution < 1.29 is 14.1 Å². The van der Waals surface area contributed by atoms with E-state index in [0.29, 0.717) is 31.9 Å². The van der Waals surface area contributed by atoms with Gasteiger partial charge in [0.15, 0.2) is 0 Å². The highest BCUT2D eigenvalue weighted by atomic mass is 19.1. The Morgan fingerprint density at radius 2 is 1.83 bits per heavy atom. The monoisotopic (exact) mass is 321 g/mol. The van der Waals surface area contributed by atoms with Crippen molar-refractivity contribution in [2.75, 3.05) is 31.1 Å². The van der Waals surface area contributed by atoms with Gasteiger partial charge in [0.05, 0.1) is 11.0 Å². The fourth-order valence-electron chi connectivity index (χ4n) is 3.51. The Balaban J connectivity index is 1.67. The molecule has 1 saturated carbocycles. The molecule has 0 spiro atoms. The van der Waals surface area contributed by atoms with Gasteiger partial charge in [0, 0.05) is 32.1 Å². The molecule has 0 N–H and O–H groups in total. The zero-order valence-corrected chi connectivity index (χ0v) is 12.9. The SMILES string of the molecule is O=C(C1CCCC1)N1CCN(c2ccc(F)cc2[N+](=O)[O-])CC1. The van der Waals surface area contributed by atoms with Crippen molar-refractivity contribution in [3.8, 4) is 0 Å². The highest BCUT2D eigenvalue weighted by Gasteiger charge is 2.30. The molecule has 7 heteroatoms. The van der Waals surface area contributed by atoms with Crippen LogP contribution >= 0.6 is 0 Å². The summed E-state index contributed by atoms with van der Waals surface area (Å²) in [6.45, 7) is 2.18. The molecule has 1 heterocycles. The third-order valence-corrected chi connectivity index (χ3v) is 4.77. The fourth-order valence-corrected chi connectivity index (χ4v) is 3.51. The lowest BCUT2D eigenvalue weighted by Crippen LogP contribution is -2.50. The summed E-state index contributed by atoms with van der Waals surface area (Å²) in [6, 6.07) is 3.63. The average Bonchev–Trinajstić information content (AvgIpc) is 3.09. The number of carbonyl (C=O) groups is 1. The van der Waals surface area contributed by atoms with Crippen LogP contribution in [-0.2, 0) is 4.79 Å². The van der Waals surface area contributed by atoms with Gasteiger partial charge < -0.3 is 9.80 Å². The average molecular weight is 321 g/mol. The summed E-state index contributed by atoms with van der Waals surface area (Å²) in [4.78, 5) is 26.7. The van der Waals surface area contributed by atoms with Crippen LogP contribution < -0.4 is 4.90 Å². The fraction of sp³-hybridized carbons (Fsp3) is 0.562. The number of rotatable bonds is 3. The van der Waals surface area contributed by atoms with Gasteiger partial charge in [-0.25, -0.2) is 4.39 Å². The number of hydrogen-bond acceptors (Lipinski definition) is 4. The molecule has 1 saturated heterocycles. The Bertz CT molecular complexity index is 609. The zero-order chi connectivity index (χ0) is 16.4. The molecule has 0 unspecified atom stereocenters. The van der Waals surface area contributed by atoms with Crippen LogP contribution in [-0.4, -0.2) is 41.9 Å². The molecule has 1 aliphatic heterocycles. The Kier molecular flexibility index (Phi) is 4.45. The molecule has 1 amide bonds. The van der Waals surface area contributed by atoms with Crippen LogP contribution in [0.1, 0.15) is 25.7 Å². The second kappa shape index (κ2) is 6.52. The number of nitro groups is 1. The molecule has 0 aromatic heterocycles. The Morgan fingerprint density at radius 1 is 1.17 bits per heavy atom. The van der Waals surface area contributed by atoms with Crippen molar-refractivity contribution in [2.24, 2.45) is 5.92 Å². The van der Waals surface area contributed by atoms with Gasteiger partial charge in [0.2, 0.25) is 5.91 Å². The smallest absolute Gasteiger partial charge is 0.295 e. The minimum absolute atomic E-state index is 0.154. The maximum absolute atomic E-state index is 13.2. The highest BCUT2D eigenvalue weighted by Crippen LogP contribution is 2.31. The molecule has 2 aliphatic rings. The van der Waals surface area contributed by atoms with Crippen molar-refractivity contribution in [3.05, 3.63) is 34.1 Å². The Morgan fingerprint density at radius 3 is 2.43 bits per heavy atom. The van der Waals surface area contributed by atoms with Crippen LogP contribution in [0, 0.1) is 21.8 Å². The van der Waals surface area contributed by atoms with E-state index in [1.807, 2.05) is 9.80 Å². The van der Waals surface area contributed by atoms with Gasteiger partial charge in [0.25, 0.3) is 5.69 Å². The zero-order valence-electron chi connectivity index (χ0n) is 12.9. The van der Waals surface area contributed by atoms with Gasteiger partial charge in [0.1, 0.15) is 11.5 Å². The number of anilines is 1. The highest BCUT2D eigenvalue weighted by molar-refractivity contribution is 5.79. The molecule has 1 aliphatic carbocycles. The van der Waals surface area contributed by atoms with E-state index in [2.05, 4.69) is 0 Å². The quantitative estimate of drug-likeness (QED) is 0.634. The first-order chi connectivity index (χ1) is 11.1. The van der Waals surface area contributed by atoms with E-state index in [4.69, 9.17) is 0 Å². The van der Waals surface area contributed by atoms with Crippen LogP contribution in [0.25, 0.3) is 0 Å². The molecule has 23 heavy (non-hydrogen) atoms. The van der Waals surface area contributed by atoms with Crippen LogP contribution in [0.4, 0.5) is 15.8 Å². The van der Waals surface area contributed by atoms with Crippen molar-refractivity contribution in [2.45, 2.75) is 25.7 Å². The van der Waals surface area contributed by atoms with Crippen molar-refractivity contribution in [1.82, 2.24) is 4.90 Å². The minimum Gasteiger partial charge on any atom is -0.362 e. The van der Waals surface area contributed by atoms with Gasteiger partial charge in [-0.1, -0.05) is 12.8 Å². The second-order valence-electron chi connectivity index (χ2n) is 6.18. The topological polar surface area (TPSA) is 66.7 Å². The summed E-state index contributed by atoms with van der Waals surface area (Å²) in [5.41, 5.74) is 0.199. The summed E-state index contributed by atoms with van der Waals surface area (Å²) < 4.78 is 13.2. The van der Waals surface area contributed by atoms with E-state index < -0.39 is 10.7 Å². The molecule has 3 rings (SSSR count). The Labute approximate surface area is 134 Å². The molecule has 1 aromatic carbocycles. The third kappa shape index (κ3) is 3.28. The second-order valence-corrected chi connectivity index (χ2v) is 6.18. The molecule has 2 fully saturated rings. The molecule has 124 valence electrons. The van der Waals surface area contributed by atoms with Gasteiger partial charge in [-0.15, -0.1) is 0 Å². The first kappa shape index (κ1) is 15.7. The van der Waals surface area contributed by atoms with Gasteiger partial charge in [-0.3, -0.25) is 14.9 Å². The Hall–Kier alpha value is -2.18. The first-order valence-corrected chi connectivity index (χ1v) is 8.04. The molecular formula is C16H20FN3O3. The molecule has 0 atom stereocenters. The van der Waals surface area contributed by atoms with Crippen molar-refractivity contribution >= 4 is 17.3 Å². The third-order valence-electron chi connectivity index (χ3n) is 4.77. The summed E-state index contributed by atoms with van der Waals surface area (Å²) in [7, 11) is 0. The molecule has 6 nitrogen and oxygen atoms in total. The largest absolute Gasteiger partial charge is 0.362 e. The van der Waals surface area contributed by atoms with Crippen molar-refractivity contribution in [3.63, 3.8) is 0 Å². The predicted octanol–water partition coefficient (Wildman–Crippen LogP) is 2.57. The number of halogens is 1. The van der Waals surface area contributed by atoms with Gasteiger partial charge in [-0.05, 0) is 25.0 Å². The lowest BCUT2D eigenvalue weighted by Gasteiger charge is -2.36. The maximum atomic E-state index is 13.2. The number of carbonyl (C=O) groups excluding carboxylic acids is 1. The van der Waals surface area contributed by atoms with E-state index in [-0.39, 0.29) is 17.5 Å². The van der Waals surface area contributed by atoms with Crippen molar-refractivity contribution in [1.29, 1.82) is 0 Å². The lowest BCUT2D eigenvalue weighted by atomic mass is 10.1. The normalized spacial score (nSPS) is 19.2. The van der Waals surface area contributed by atoms with Crippen LogP contribution in [0.15, 0.2) is 18.2 Å². The predicted molar refractivity (Wildman–Crippen MR) is 83.8 cm³/mol. The summed E-state index contributed by atoms with van der Waals surface area (Å²) in [5, 5.41) is 11.1.